The molecule has 3 amide bonds. The van der Waals surface area contributed by atoms with Crippen molar-refractivity contribution < 1.29 is 31.9 Å². The van der Waals surface area contributed by atoms with E-state index in [4.69, 9.17) is 0 Å². The van der Waals surface area contributed by atoms with Gasteiger partial charge in [-0.25, -0.2) is 4.39 Å². The maximum atomic E-state index is 15.6. The second-order valence-electron chi connectivity index (χ2n) is 9.70. The first-order valence-corrected chi connectivity index (χ1v) is 12.2. The predicted octanol–water partition coefficient (Wildman–Crippen LogP) is 2.27. The molecule has 0 bridgehead atoms. The molecule has 1 atom stereocenters. The minimum absolute atomic E-state index is 0.0270. The van der Waals surface area contributed by atoms with Crippen molar-refractivity contribution in [3.63, 3.8) is 0 Å². The normalized spacial score (nSPS) is 19.7. The number of pyridine rings is 1. The Morgan fingerprint density at radius 2 is 1.87 bits per heavy atom. The number of fused-ring (bicyclic) bond motifs is 2. The lowest BCUT2D eigenvalue weighted by molar-refractivity contribution is -0.148. The van der Waals surface area contributed by atoms with E-state index in [1.165, 1.54) is 17.2 Å². The molecule has 1 N–H and O–H groups in total. The van der Waals surface area contributed by atoms with Crippen LogP contribution in [0, 0.1) is 5.82 Å². The van der Waals surface area contributed by atoms with Crippen molar-refractivity contribution >= 4 is 17.7 Å². The standard InChI is InChI=1S/C25H21F4N7O3/c26-20-14(10-34-7-8-35-18(12-34)32-33-24(35)25(27,28)29)5-6-30-21(20)13-1-2-16-15(9-13)11-36(23(16)39)17-3-4-19(37)31-22(17)38/h1-2,5-6,9,17H,3-4,7-8,10-12H2,(H,31,37,38). The monoisotopic (exact) mass is 543 g/mol. The van der Waals surface area contributed by atoms with E-state index >= 15 is 4.39 Å². The molecule has 3 aliphatic rings. The molecule has 202 valence electrons. The van der Waals surface area contributed by atoms with Crippen molar-refractivity contribution in [1.29, 1.82) is 0 Å². The van der Waals surface area contributed by atoms with Crippen molar-refractivity contribution in [2.24, 2.45) is 0 Å². The minimum Gasteiger partial charge on any atom is -0.322 e. The van der Waals surface area contributed by atoms with Crippen LogP contribution in [0.5, 0.6) is 0 Å². The Balaban J connectivity index is 1.21. The average Bonchev–Trinajstić information content (AvgIpc) is 3.46. The molecule has 1 unspecified atom stereocenters. The molecule has 5 heterocycles. The molecule has 14 heteroatoms. The summed E-state index contributed by atoms with van der Waals surface area (Å²) in [7, 11) is 0. The lowest BCUT2D eigenvalue weighted by Crippen LogP contribution is -2.52. The number of benzene rings is 1. The maximum Gasteiger partial charge on any atom is 0.451 e. The number of aromatic nitrogens is 4. The molecule has 6 rings (SSSR count). The van der Waals surface area contributed by atoms with Crippen molar-refractivity contribution in [1.82, 2.24) is 34.9 Å². The van der Waals surface area contributed by atoms with Gasteiger partial charge in [0.25, 0.3) is 5.91 Å². The summed E-state index contributed by atoms with van der Waals surface area (Å²) < 4.78 is 56.0. The summed E-state index contributed by atoms with van der Waals surface area (Å²) >= 11 is 0. The molecule has 0 aliphatic carbocycles. The van der Waals surface area contributed by atoms with E-state index in [1.807, 2.05) is 0 Å². The van der Waals surface area contributed by atoms with E-state index in [2.05, 4.69) is 20.5 Å². The number of hydrogen-bond donors (Lipinski definition) is 1. The van der Waals surface area contributed by atoms with Crippen molar-refractivity contribution in [2.75, 3.05) is 6.54 Å². The third-order valence-corrected chi connectivity index (χ3v) is 7.25. The number of nitrogens with zero attached hydrogens (tertiary/aromatic N) is 6. The summed E-state index contributed by atoms with van der Waals surface area (Å²) in [4.78, 5) is 44.1. The second-order valence-corrected chi connectivity index (χ2v) is 9.70. The van der Waals surface area contributed by atoms with E-state index in [0.717, 1.165) is 4.57 Å². The zero-order chi connectivity index (χ0) is 27.5. The van der Waals surface area contributed by atoms with Gasteiger partial charge in [0, 0.05) is 55.5 Å². The molecular formula is C25H21F4N7O3. The van der Waals surface area contributed by atoms with Crippen molar-refractivity contribution in [3.8, 4) is 11.3 Å². The number of carbonyl (C=O) groups excluding carboxylic acids is 3. The van der Waals surface area contributed by atoms with Crippen LogP contribution in [0.1, 0.15) is 46.0 Å². The highest BCUT2D eigenvalue weighted by Gasteiger charge is 2.40. The first-order valence-electron chi connectivity index (χ1n) is 12.2. The van der Waals surface area contributed by atoms with Crippen LogP contribution in [0.15, 0.2) is 30.5 Å². The predicted molar refractivity (Wildman–Crippen MR) is 125 cm³/mol. The van der Waals surface area contributed by atoms with Gasteiger partial charge in [-0.05, 0) is 30.2 Å². The third kappa shape index (κ3) is 4.43. The molecule has 0 saturated carbocycles. The Kier molecular flexibility index (Phi) is 5.93. The van der Waals surface area contributed by atoms with Gasteiger partial charge >= 0.3 is 6.18 Å². The number of amides is 3. The molecular weight excluding hydrogens is 522 g/mol. The lowest BCUT2D eigenvalue weighted by atomic mass is 10.0. The molecule has 1 fully saturated rings. The van der Waals surface area contributed by atoms with Crippen LogP contribution >= 0.6 is 0 Å². The number of alkyl halides is 3. The molecule has 3 aromatic rings. The van der Waals surface area contributed by atoms with E-state index < -0.39 is 29.8 Å². The second kappa shape index (κ2) is 9.22. The largest absolute Gasteiger partial charge is 0.451 e. The summed E-state index contributed by atoms with van der Waals surface area (Å²) in [5, 5.41) is 9.19. The minimum atomic E-state index is -4.60. The Morgan fingerprint density at radius 3 is 2.64 bits per heavy atom. The molecule has 0 radical (unpaired) electrons. The van der Waals surface area contributed by atoms with Crippen molar-refractivity contribution in [3.05, 3.63) is 64.6 Å². The third-order valence-electron chi connectivity index (χ3n) is 7.25. The molecule has 1 aromatic carbocycles. The quantitative estimate of drug-likeness (QED) is 0.397. The number of nitrogens with one attached hydrogen (secondary N) is 1. The van der Waals surface area contributed by atoms with Gasteiger partial charge < -0.3 is 9.47 Å². The van der Waals surface area contributed by atoms with Crippen LogP contribution in [-0.2, 0) is 41.9 Å². The first kappa shape index (κ1) is 25.1. The SMILES string of the molecule is O=C1CCC(N2Cc3cc(-c4nccc(CN5CCn6c(nnc6C(F)(F)F)C5)c4F)ccc3C2=O)C(=O)N1. The lowest BCUT2D eigenvalue weighted by Gasteiger charge is -2.29. The van der Waals surface area contributed by atoms with E-state index in [0.29, 0.717) is 22.3 Å². The number of rotatable bonds is 4. The molecule has 0 spiro atoms. The highest BCUT2D eigenvalue weighted by Crippen LogP contribution is 2.33. The van der Waals surface area contributed by atoms with Gasteiger partial charge in [-0.3, -0.25) is 29.6 Å². The van der Waals surface area contributed by atoms with E-state index in [9.17, 15) is 27.6 Å². The maximum absolute atomic E-state index is 15.6. The Bertz CT molecular complexity index is 1520. The van der Waals surface area contributed by atoms with Gasteiger partial charge in [-0.2, -0.15) is 13.2 Å². The molecule has 2 aromatic heterocycles. The topological polar surface area (TPSA) is 113 Å². The fraction of sp³-hybridized carbons (Fsp3) is 0.360. The highest BCUT2D eigenvalue weighted by atomic mass is 19.4. The fourth-order valence-corrected chi connectivity index (χ4v) is 5.32. The average molecular weight is 543 g/mol. The van der Waals surface area contributed by atoms with E-state index in [1.54, 1.807) is 23.1 Å². The number of halogens is 4. The van der Waals surface area contributed by atoms with E-state index in [-0.39, 0.29) is 68.9 Å². The van der Waals surface area contributed by atoms with Crippen LogP contribution in [-0.4, -0.2) is 59.9 Å². The van der Waals surface area contributed by atoms with Crippen molar-refractivity contribution in [2.45, 2.75) is 51.2 Å². The van der Waals surface area contributed by atoms with Gasteiger partial charge in [0.2, 0.25) is 17.6 Å². The van der Waals surface area contributed by atoms with Crippen LogP contribution in [0.3, 0.4) is 0 Å². The van der Waals surface area contributed by atoms with Gasteiger partial charge in [0.1, 0.15) is 17.6 Å². The molecule has 1 saturated heterocycles. The summed E-state index contributed by atoms with van der Waals surface area (Å²) in [5.41, 5.74) is 1.84. The Labute approximate surface area is 218 Å². The van der Waals surface area contributed by atoms with Gasteiger partial charge in [0.15, 0.2) is 5.82 Å². The smallest absolute Gasteiger partial charge is 0.322 e. The fourth-order valence-electron chi connectivity index (χ4n) is 5.32. The number of imide groups is 1. The summed E-state index contributed by atoms with van der Waals surface area (Å²) in [5.74, 6) is -2.68. The van der Waals surface area contributed by atoms with Gasteiger partial charge in [0.05, 0.1) is 6.54 Å². The van der Waals surface area contributed by atoms with Crippen LogP contribution < -0.4 is 5.32 Å². The molecule has 10 nitrogen and oxygen atoms in total. The van der Waals surface area contributed by atoms with Gasteiger partial charge in [-0.1, -0.05) is 6.07 Å². The first-order chi connectivity index (χ1) is 18.6. The summed E-state index contributed by atoms with van der Waals surface area (Å²) in [6, 6.07) is 5.58. The van der Waals surface area contributed by atoms with Gasteiger partial charge in [-0.15, -0.1) is 10.2 Å². The Hall–Kier alpha value is -4.20. The Morgan fingerprint density at radius 1 is 1.05 bits per heavy atom. The summed E-state index contributed by atoms with van der Waals surface area (Å²) in [6.07, 6.45) is -2.77. The molecule has 3 aliphatic heterocycles. The van der Waals surface area contributed by atoms with Crippen LogP contribution in [0.4, 0.5) is 17.6 Å². The summed E-state index contributed by atoms with van der Waals surface area (Å²) in [6.45, 7) is 0.630. The zero-order valence-corrected chi connectivity index (χ0v) is 20.3. The molecule has 39 heavy (non-hydrogen) atoms. The van der Waals surface area contributed by atoms with Crippen LogP contribution in [0.25, 0.3) is 11.3 Å². The van der Waals surface area contributed by atoms with Crippen LogP contribution in [0.2, 0.25) is 0 Å². The highest BCUT2D eigenvalue weighted by molar-refractivity contribution is 6.05. The number of hydrogen-bond acceptors (Lipinski definition) is 7. The zero-order valence-electron chi connectivity index (χ0n) is 20.3. The number of piperidine rings is 1. The number of carbonyl (C=O) groups is 3.